The third-order valence-corrected chi connectivity index (χ3v) is 4.25. The summed E-state index contributed by atoms with van der Waals surface area (Å²) in [6.45, 7) is 3.12. The highest BCUT2D eigenvalue weighted by atomic mass is 19.4. The first kappa shape index (κ1) is 19.2. The van der Waals surface area contributed by atoms with Gasteiger partial charge in [-0.2, -0.15) is 13.2 Å². The van der Waals surface area contributed by atoms with Crippen molar-refractivity contribution in [3.8, 4) is 0 Å². The molecule has 0 radical (unpaired) electrons. The number of aromatic nitrogens is 1. The van der Waals surface area contributed by atoms with E-state index in [1.165, 1.54) is 12.1 Å². The number of halogens is 3. The molecule has 1 aromatic carbocycles. The molecule has 144 valence electrons. The fourth-order valence-electron chi connectivity index (χ4n) is 2.84. The third kappa shape index (κ3) is 5.43. The fraction of sp³-hybridized carbons (Fsp3) is 0.368. The number of anilines is 1. The van der Waals surface area contributed by atoms with Gasteiger partial charge in [0, 0.05) is 25.8 Å². The molecule has 2 heterocycles. The molecule has 0 bridgehead atoms. The minimum absolute atomic E-state index is 0.106. The molecule has 1 fully saturated rings. The second-order valence-corrected chi connectivity index (χ2v) is 6.27. The van der Waals surface area contributed by atoms with Gasteiger partial charge in [-0.05, 0) is 29.3 Å². The molecule has 2 aromatic rings. The van der Waals surface area contributed by atoms with E-state index < -0.39 is 11.7 Å². The van der Waals surface area contributed by atoms with E-state index in [9.17, 15) is 18.0 Å². The number of nitrogens with zero attached hydrogens (tertiary/aromatic N) is 2. The number of benzene rings is 1. The molecule has 5 nitrogen and oxygen atoms in total. The lowest BCUT2D eigenvalue weighted by Gasteiger charge is -2.28. The summed E-state index contributed by atoms with van der Waals surface area (Å²) in [6, 6.07) is 8.51. The summed E-state index contributed by atoms with van der Waals surface area (Å²) in [7, 11) is 0. The number of morpholine rings is 1. The maximum absolute atomic E-state index is 12.7. The van der Waals surface area contributed by atoms with Crippen molar-refractivity contribution in [2.75, 3.05) is 31.2 Å². The molecule has 3 rings (SSSR count). The third-order valence-electron chi connectivity index (χ3n) is 4.25. The molecule has 0 unspecified atom stereocenters. The van der Waals surface area contributed by atoms with Gasteiger partial charge < -0.3 is 15.0 Å². The van der Waals surface area contributed by atoms with E-state index in [0.717, 1.165) is 36.6 Å². The zero-order chi connectivity index (χ0) is 19.3. The molecule has 0 atom stereocenters. The van der Waals surface area contributed by atoms with Gasteiger partial charge in [-0.3, -0.25) is 4.79 Å². The number of ether oxygens (including phenoxy) is 1. The number of hydrogen-bond acceptors (Lipinski definition) is 4. The Morgan fingerprint density at radius 1 is 1.15 bits per heavy atom. The Balaban J connectivity index is 1.56. The normalized spacial score (nSPS) is 14.9. The molecule has 1 N–H and O–H groups in total. The molecule has 27 heavy (non-hydrogen) atoms. The highest BCUT2D eigenvalue weighted by Crippen LogP contribution is 2.29. The zero-order valence-electron chi connectivity index (χ0n) is 14.6. The smallest absolute Gasteiger partial charge is 0.378 e. The molecule has 1 amide bonds. The summed E-state index contributed by atoms with van der Waals surface area (Å²) in [6.07, 6.45) is -2.84. The molecule has 0 spiro atoms. The van der Waals surface area contributed by atoms with E-state index in [0.29, 0.717) is 18.8 Å². The number of carbonyl (C=O) groups is 1. The number of hydrogen-bond donors (Lipinski definition) is 1. The second kappa shape index (κ2) is 8.39. The summed E-state index contributed by atoms with van der Waals surface area (Å²) >= 11 is 0. The Morgan fingerprint density at radius 2 is 1.93 bits per heavy atom. The first-order chi connectivity index (χ1) is 12.9. The van der Waals surface area contributed by atoms with E-state index in [2.05, 4.69) is 15.2 Å². The average Bonchev–Trinajstić information content (AvgIpc) is 2.67. The standard InChI is InChI=1S/C19H20F3N3O2/c20-19(21,22)16-3-1-2-14(10-16)12-18(26)24-13-15-4-5-23-17(11-15)25-6-8-27-9-7-25/h1-5,10-11H,6-9,12-13H2,(H,24,26). The number of amides is 1. The van der Waals surface area contributed by atoms with E-state index >= 15 is 0 Å². The van der Waals surface area contributed by atoms with Crippen LogP contribution in [0.1, 0.15) is 16.7 Å². The summed E-state index contributed by atoms with van der Waals surface area (Å²) in [4.78, 5) is 18.5. The minimum Gasteiger partial charge on any atom is -0.378 e. The van der Waals surface area contributed by atoms with E-state index in [1.54, 1.807) is 12.3 Å². The van der Waals surface area contributed by atoms with Crippen molar-refractivity contribution in [1.82, 2.24) is 10.3 Å². The predicted molar refractivity (Wildman–Crippen MR) is 94.3 cm³/mol. The van der Waals surface area contributed by atoms with Crippen molar-refractivity contribution in [1.29, 1.82) is 0 Å². The number of rotatable bonds is 5. The summed E-state index contributed by atoms with van der Waals surface area (Å²) in [5.74, 6) is 0.488. The van der Waals surface area contributed by atoms with Crippen LogP contribution in [0.5, 0.6) is 0 Å². The minimum atomic E-state index is -4.42. The summed E-state index contributed by atoms with van der Waals surface area (Å²) < 4.78 is 43.6. The Morgan fingerprint density at radius 3 is 2.67 bits per heavy atom. The van der Waals surface area contributed by atoms with Crippen LogP contribution in [0.2, 0.25) is 0 Å². The Labute approximate surface area is 155 Å². The molecular weight excluding hydrogens is 359 g/mol. The predicted octanol–water partition coefficient (Wildman–Crippen LogP) is 2.80. The highest BCUT2D eigenvalue weighted by Gasteiger charge is 2.30. The first-order valence-electron chi connectivity index (χ1n) is 8.62. The monoisotopic (exact) mass is 379 g/mol. The molecule has 8 heteroatoms. The van der Waals surface area contributed by atoms with Gasteiger partial charge in [-0.25, -0.2) is 4.98 Å². The molecule has 1 saturated heterocycles. The molecule has 1 aliphatic rings. The first-order valence-corrected chi connectivity index (χ1v) is 8.62. The second-order valence-electron chi connectivity index (χ2n) is 6.27. The maximum Gasteiger partial charge on any atom is 0.416 e. The topological polar surface area (TPSA) is 54.5 Å². The van der Waals surface area contributed by atoms with Crippen LogP contribution in [0.25, 0.3) is 0 Å². The number of alkyl halides is 3. The van der Waals surface area contributed by atoms with Gasteiger partial charge in [0.25, 0.3) is 0 Å². The van der Waals surface area contributed by atoms with Crippen molar-refractivity contribution in [2.24, 2.45) is 0 Å². The molecule has 0 aliphatic carbocycles. The highest BCUT2D eigenvalue weighted by molar-refractivity contribution is 5.78. The molecule has 1 aliphatic heterocycles. The van der Waals surface area contributed by atoms with Gasteiger partial charge in [0.1, 0.15) is 5.82 Å². The van der Waals surface area contributed by atoms with Gasteiger partial charge in [-0.1, -0.05) is 18.2 Å². The van der Waals surface area contributed by atoms with Gasteiger partial charge in [0.05, 0.1) is 25.2 Å². The number of nitrogens with one attached hydrogen (secondary N) is 1. The quantitative estimate of drug-likeness (QED) is 0.868. The number of pyridine rings is 1. The van der Waals surface area contributed by atoms with Crippen molar-refractivity contribution in [3.63, 3.8) is 0 Å². The van der Waals surface area contributed by atoms with Gasteiger partial charge in [-0.15, -0.1) is 0 Å². The lowest BCUT2D eigenvalue weighted by Crippen LogP contribution is -2.36. The van der Waals surface area contributed by atoms with Crippen LogP contribution in [0.3, 0.4) is 0 Å². The Bertz CT molecular complexity index is 790. The van der Waals surface area contributed by atoms with E-state index in [1.807, 2.05) is 6.07 Å². The van der Waals surface area contributed by atoms with Gasteiger partial charge in [0.2, 0.25) is 5.91 Å². The van der Waals surface area contributed by atoms with Crippen LogP contribution < -0.4 is 10.2 Å². The maximum atomic E-state index is 12.7. The zero-order valence-corrected chi connectivity index (χ0v) is 14.6. The number of carbonyl (C=O) groups excluding carboxylic acids is 1. The van der Waals surface area contributed by atoms with Crippen LogP contribution in [0.4, 0.5) is 19.0 Å². The largest absolute Gasteiger partial charge is 0.416 e. The van der Waals surface area contributed by atoms with Gasteiger partial charge in [0.15, 0.2) is 0 Å². The molecule has 0 saturated carbocycles. The van der Waals surface area contributed by atoms with Crippen LogP contribution >= 0.6 is 0 Å². The SMILES string of the molecule is O=C(Cc1cccc(C(F)(F)F)c1)NCc1ccnc(N2CCOCC2)c1. The molecular formula is C19H20F3N3O2. The van der Waals surface area contributed by atoms with Crippen molar-refractivity contribution < 1.29 is 22.7 Å². The summed E-state index contributed by atoms with van der Waals surface area (Å²) in [5.41, 5.74) is 0.451. The van der Waals surface area contributed by atoms with Crippen LogP contribution in [-0.2, 0) is 28.7 Å². The Hall–Kier alpha value is -2.61. The van der Waals surface area contributed by atoms with Crippen LogP contribution in [-0.4, -0.2) is 37.2 Å². The van der Waals surface area contributed by atoms with Crippen LogP contribution in [0.15, 0.2) is 42.6 Å². The summed E-state index contributed by atoms with van der Waals surface area (Å²) in [5, 5.41) is 2.74. The lowest BCUT2D eigenvalue weighted by atomic mass is 10.1. The van der Waals surface area contributed by atoms with Crippen molar-refractivity contribution in [2.45, 2.75) is 19.1 Å². The molecule has 1 aromatic heterocycles. The van der Waals surface area contributed by atoms with E-state index in [4.69, 9.17) is 4.74 Å². The van der Waals surface area contributed by atoms with Crippen molar-refractivity contribution in [3.05, 3.63) is 59.3 Å². The fourth-order valence-corrected chi connectivity index (χ4v) is 2.84. The van der Waals surface area contributed by atoms with E-state index in [-0.39, 0.29) is 18.9 Å². The average molecular weight is 379 g/mol. The Kier molecular flexibility index (Phi) is 5.95. The van der Waals surface area contributed by atoms with Crippen molar-refractivity contribution >= 4 is 11.7 Å². The lowest BCUT2D eigenvalue weighted by molar-refractivity contribution is -0.137. The van der Waals surface area contributed by atoms with Crippen LogP contribution in [0, 0.1) is 0 Å². The van der Waals surface area contributed by atoms with Gasteiger partial charge >= 0.3 is 6.18 Å².